The van der Waals surface area contributed by atoms with Crippen molar-refractivity contribution in [3.8, 4) is 0 Å². The number of rotatable bonds is 0. The standard InChI is InChI=1S/C28H28O3.2C2H6/c1-17-15-26(3,4)13-11-21-23(17)30-24-18(2)16-27(5,6)14-12-22(24)28(21)20-10-8-7-9-19(20)25(29)31-28;2*1-2/h7-16H,1-6H3;2*1-2H3. The molecule has 2 heterocycles. The highest BCUT2D eigenvalue weighted by atomic mass is 16.6. The Hall–Kier alpha value is -3.07. The van der Waals surface area contributed by atoms with E-state index in [2.05, 4.69) is 78.0 Å². The molecule has 1 aromatic carbocycles. The zero-order chi connectivity index (χ0) is 26.2. The molecule has 35 heavy (non-hydrogen) atoms. The van der Waals surface area contributed by atoms with E-state index >= 15 is 0 Å². The first-order valence-electron chi connectivity index (χ1n) is 12.8. The van der Waals surface area contributed by atoms with Crippen LogP contribution >= 0.6 is 0 Å². The maximum atomic E-state index is 13.1. The van der Waals surface area contributed by atoms with E-state index in [4.69, 9.17) is 9.47 Å². The van der Waals surface area contributed by atoms with Gasteiger partial charge in [-0.2, -0.15) is 0 Å². The molecule has 2 aliphatic heterocycles. The van der Waals surface area contributed by atoms with Crippen LogP contribution in [0.25, 0.3) is 0 Å². The van der Waals surface area contributed by atoms with Gasteiger partial charge >= 0.3 is 5.97 Å². The van der Waals surface area contributed by atoms with Gasteiger partial charge in [-0.1, -0.05) is 110 Å². The van der Waals surface area contributed by atoms with Gasteiger partial charge in [0.15, 0.2) is 5.60 Å². The fraction of sp³-hybridized carbons (Fsp3) is 0.406. The average molecular weight is 473 g/mol. The molecule has 186 valence electrons. The smallest absolute Gasteiger partial charge is 0.340 e. The minimum absolute atomic E-state index is 0.145. The minimum atomic E-state index is -1.03. The SMILES string of the molecule is CC.CC.CC1=CC(C)(C)C=CC2=C1OC1=C(C=CC(C)(C)C=C1C)C21OC(=O)c2ccccc21. The molecule has 3 heteroatoms. The first-order valence-corrected chi connectivity index (χ1v) is 12.8. The molecule has 0 amide bonds. The van der Waals surface area contributed by atoms with Gasteiger partial charge in [0.1, 0.15) is 11.5 Å². The van der Waals surface area contributed by atoms with Crippen molar-refractivity contribution in [1.82, 2.24) is 0 Å². The maximum absolute atomic E-state index is 13.1. The Morgan fingerprint density at radius 3 is 1.66 bits per heavy atom. The summed E-state index contributed by atoms with van der Waals surface area (Å²) < 4.78 is 13.0. The number of fused-ring (bicyclic) bond motifs is 4. The summed E-state index contributed by atoms with van der Waals surface area (Å²) in [6, 6.07) is 7.71. The summed E-state index contributed by atoms with van der Waals surface area (Å²) in [6.07, 6.45) is 12.9. The van der Waals surface area contributed by atoms with Crippen molar-refractivity contribution in [2.24, 2.45) is 10.8 Å². The number of hydrogen-bond donors (Lipinski definition) is 0. The molecular formula is C32H40O3. The van der Waals surface area contributed by atoms with Crippen LogP contribution in [0.2, 0.25) is 0 Å². The Labute approximate surface area is 211 Å². The van der Waals surface area contributed by atoms with Gasteiger partial charge in [0.25, 0.3) is 0 Å². The molecule has 0 bridgehead atoms. The third-order valence-electron chi connectivity index (χ3n) is 6.48. The van der Waals surface area contributed by atoms with Crippen molar-refractivity contribution in [1.29, 1.82) is 0 Å². The second kappa shape index (κ2) is 9.53. The lowest BCUT2D eigenvalue weighted by Gasteiger charge is -2.38. The van der Waals surface area contributed by atoms with Crippen molar-refractivity contribution >= 4 is 5.97 Å². The number of allylic oxidation sites excluding steroid dienone is 6. The molecule has 4 aliphatic rings. The van der Waals surface area contributed by atoms with Crippen molar-refractivity contribution in [3.05, 3.63) is 106 Å². The van der Waals surface area contributed by atoms with Crippen molar-refractivity contribution in [2.45, 2.75) is 74.8 Å². The molecular weight excluding hydrogens is 432 g/mol. The first-order chi connectivity index (χ1) is 16.5. The van der Waals surface area contributed by atoms with E-state index in [0.717, 1.165) is 39.4 Å². The van der Waals surface area contributed by atoms with E-state index < -0.39 is 5.60 Å². The Balaban J connectivity index is 0.000000815. The molecule has 0 fully saturated rings. The first kappa shape index (κ1) is 26.5. The van der Waals surface area contributed by atoms with Gasteiger partial charge in [-0.15, -0.1) is 0 Å². The summed E-state index contributed by atoms with van der Waals surface area (Å²) in [5.74, 6) is 1.24. The van der Waals surface area contributed by atoms with Gasteiger partial charge in [-0.25, -0.2) is 4.79 Å². The van der Waals surface area contributed by atoms with Gasteiger partial charge in [0.2, 0.25) is 0 Å². The molecule has 0 aromatic heterocycles. The second-order valence-corrected chi connectivity index (χ2v) is 10.2. The van der Waals surface area contributed by atoms with E-state index in [9.17, 15) is 4.79 Å². The summed E-state index contributed by atoms with van der Waals surface area (Å²) in [4.78, 5) is 13.1. The van der Waals surface area contributed by atoms with E-state index in [1.165, 1.54) is 0 Å². The van der Waals surface area contributed by atoms with Gasteiger partial charge in [-0.3, -0.25) is 0 Å². The molecule has 2 aliphatic carbocycles. The molecule has 0 radical (unpaired) electrons. The van der Waals surface area contributed by atoms with Crippen LogP contribution in [0.15, 0.2) is 94.5 Å². The maximum Gasteiger partial charge on any atom is 0.340 e. The Bertz CT molecular complexity index is 1150. The Morgan fingerprint density at radius 1 is 0.714 bits per heavy atom. The summed E-state index contributed by atoms with van der Waals surface area (Å²) >= 11 is 0. The number of carbonyl (C=O) groups is 1. The van der Waals surface area contributed by atoms with E-state index in [1.807, 2.05) is 52.0 Å². The lowest BCUT2D eigenvalue weighted by atomic mass is 9.75. The van der Waals surface area contributed by atoms with Crippen LogP contribution in [0.4, 0.5) is 0 Å². The quantitative estimate of drug-likeness (QED) is 0.354. The number of benzene rings is 1. The number of esters is 1. The lowest BCUT2D eigenvalue weighted by molar-refractivity contribution is 0.0197. The third-order valence-corrected chi connectivity index (χ3v) is 6.48. The molecule has 0 N–H and O–H groups in total. The molecule has 0 saturated heterocycles. The Kier molecular flexibility index (Phi) is 7.22. The van der Waals surface area contributed by atoms with Crippen molar-refractivity contribution in [2.75, 3.05) is 0 Å². The Morgan fingerprint density at radius 2 is 1.17 bits per heavy atom. The van der Waals surface area contributed by atoms with Crippen molar-refractivity contribution < 1.29 is 14.3 Å². The predicted molar refractivity (Wildman–Crippen MR) is 145 cm³/mol. The van der Waals surface area contributed by atoms with Gasteiger partial charge in [0.05, 0.1) is 5.56 Å². The minimum Gasteiger partial charge on any atom is -0.456 e. The van der Waals surface area contributed by atoms with Crippen LogP contribution in [0, 0.1) is 10.8 Å². The fourth-order valence-corrected chi connectivity index (χ4v) is 5.21. The molecule has 1 spiro atoms. The number of ether oxygens (including phenoxy) is 2. The predicted octanol–water partition coefficient (Wildman–Crippen LogP) is 8.73. The zero-order valence-corrected chi connectivity index (χ0v) is 23.0. The third kappa shape index (κ3) is 4.37. The van der Waals surface area contributed by atoms with E-state index in [1.54, 1.807) is 0 Å². The summed E-state index contributed by atoms with van der Waals surface area (Å²) in [7, 11) is 0. The summed E-state index contributed by atoms with van der Waals surface area (Å²) in [6.45, 7) is 20.8. The molecule has 1 aromatic rings. The zero-order valence-electron chi connectivity index (χ0n) is 23.0. The van der Waals surface area contributed by atoms with Gasteiger partial charge in [0, 0.05) is 27.5 Å². The highest BCUT2D eigenvalue weighted by Crippen LogP contribution is 2.56. The van der Waals surface area contributed by atoms with Crippen LogP contribution in [0.1, 0.15) is 85.2 Å². The van der Waals surface area contributed by atoms with Gasteiger partial charge < -0.3 is 9.47 Å². The van der Waals surface area contributed by atoms with Crippen LogP contribution in [0.3, 0.4) is 0 Å². The van der Waals surface area contributed by atoms with Gasteiger partial charge in [-0.05, 0) is 31.1 Å². The summed E-state index contributed by atoms with van der Waals surface area (Å²) in [5.41, 5.74) is 3.99. The summed E-state index contributed by atoms with van der Waals surface area (Å²) in [5, 5.41) is 0. The average Bonchev–Trinajstić information content (AvgIpc) is 2.96. The van der Waals surface area contributed by atoms with E-state index in [0.29, 0.717) is 5.56 Å². The topological polar surface area (TPSA) is 35.5 Å². The monoisotopic (exact) mass is 472 g/mol. The van der Waals surface area contributed by atoms with E-state index in [-0.39, 0.29) is 16.8 Å². The highest BCUT2D eigenvalue weighted by Gasteiger charge is 2.55. The molecule has 0 saturated carbocycles. The molecule has 0 atom stereocenters. The highest BCUT2D eigenvalue weighted by molar-refractivity contribution is 5.97. The molecule has 3 nitrogen and oxygen atoms in total. The largest absolute Gasteiger partial charge is 0.456 e. The fourth-order valence-electron chi connectivity index (χ4n) is 5.21. The number of carbonyl (C=O) groups excluding carboxylic acids is 1. The van der Waals surface area contributed by atoms with Crippen LogP contribution < -0.4 is 0 Å². The molecule has 5 rings (SSSR count). The second-order valence-electron chi connectivity index (χ2n) is 10.2. The number of hydrogen-bond acceptors (Lipinski definition) is 3. The van der Waals surface area contributed by atoms with Crippen LogP contribution in [0.5, 0.6) is 0 Å². The lowest BCUT2D eigenvalue weighted by Crippen LogP contribution is -2.35. The van der Waals surface area contributed by atoms with Crippen LogP contribution in [-0.2, 0) is 15.1 Å². The van der Waals surface area contributed by atoms with Crippen molar-refractivity contribution in [3.63, 3.8) is 0 Å². The molecule has 0 unspecified atom stereocenters. The normalized spacial score (nSPS) is 21.9. The van der Waals surface area contributed by atoms with Crippen LogP contribution in [-0.4, -0.2) is 5.97 Å².